The van der Waals surface area contributed by atoms with Gasteiger partial charge < -0.3 is 15.5 Å². The average molecular weight is 468 g/mol. The highest BCUT2D eigenvalue weighted by Gasteiger charge is 2.68. The van der Waals surface area contributed by atoms with E-state index in [2.05, 4.69) is 15.3 Å². The number of rotatable bonds is 2. The van der Waals surface area contributed by atoms with Crippen molar-refractivity contribution in [1.82, 2.24) is 9.97 Å². The molecule has 2 atom stereocenters. The molecule has 32 heavy (non-hydrogen) atoms. The predicted octanol–water partition coefficient (Wildman–Crippen LogP) is 5.32. The number of aromatic nitrogens is 2. The molecule has 3 N–H and O–H groups in total. The molecule has 1 saturated carbocycles. The second kappa shape index (κ2) is 6.68. The lowest BCUT2D eigenvalue weighted by Crippen LogP contribution is -2.57. The van der Waals surface area contributed by atoms with Crippen molar-refractivity contribution in [2.75, 3.05) is 5.32 Å². The second-order valence-corrected chi connectivity index (χ2v) is 9.00. The number of aryl methyl sites for hydroxylation is 1. The molecule has 1 spiro atoms. The highest BCUT2D eigenvalue weighted by molar-refractivity contribution is 6.32. The minimum Gasteiger partial charge on any atom is -0.506 e. The van der Waals surface area contributed by atoms with Gasteiger partial charge in [-0.1, -0.05) is 17.7 Å². The molecule has 5 nitrogen and oxygen atoms in total. The van der Waals surface area contributed by atoms with E-state index in [0.29, 0.717) is 24.2 Å². The van der Waals surface area contributed by atoms with Crippen LogP contribution < -0.4 is 5.32 Å². The maximum atomic E-state index is 14.3. The van der Waals surface area contributed by atoms with Crippen LogP contribution in [0.3, 0.4) is 0 Å². The number of fused-ring (bicyclic) bond motifs is 3. The Hall–Kier alpha value is -2.65. The van der Waals surface area contributed by atoms with Crippen LogP contribution in [0, 0.1) is 12.7 Å². The first-order valence-electron chi connectivity index (χ1n) is 9.96. The third-order valence-corrected chi connectivity index (χ3v) is 6.86. The molecule has 3 aromatic rings. The Balaban J connectivity index is 1.73. The standard InChI is InChI=1S/C22H18ClF4N3O2/c1-10-28-8-12-15(5-4-14(24)17(12)29-10)30-19-11-2-3-13(23)18(31)16(11)20(6-7-20)9-21(19,32)22(25,26)27/h2-5,8,19,30-32H,6-7,9H2,1H3. The summed E-state index contributed by atoms with van der Waals surface area (Å²) in [6, 6.07) is 3.39. The highest BCUT2D eigenvalue weighted by Crippen LogP contribution is 2.65. The maximum absolute atomic E-state index is 14.3. The van der Waals surface area contributed by atoms with Crippen LogP contribution in [0.1, 0.15) is 42.3 Å². The summed E-state index contributed by atoms with van der Waals surface area (Å²) < 4.78 is 57.2. The summed E-state index contributed by atoms with van der Waals surface area (Å²) in [5, 5.41) is 24.7. The minimum absolute atomic E-state index is 0.0299. The summed E-state index contributed by atoms with van der Waals surface area (Å²) >= 11 is 6.07. The number of phenolic OH excluding ortho intramolecular Hbond substituents is 1. The van der Waals surface area contributed by atoms with Gasteiger partial charge in [-0.25, -0.2) is 14.4 Å². The third kappa shape index (κ3) is 2.94. The van der Waals surface area contributed by atoms with Crippen molar-refractivity contribution in [2.24, 2.45) is 0 Å². The van der Waals surface area contributed by atoms with E-state index in [-0.39, 0.29) is 32.9 Å². The SMILES string of the molecule is Cc1ncc2c(NC3c4ccc(Cl)c(O)c4C4(CC4)CC3(O)C(F)(F)F)ccc(F)c2n1. The quantitative estimate of drug-likeness (QED) is 0.445. The Morgan fingerprint density at radius 3 is 2.56 bits per heavy atom. The zero-order valence-corrected chi connectivity index (χ0v) is 17.5. The van der Waals surface area contributed by atoms with Crippen molar-refractivity contribution < 1.29 is 27.8 Å². The predicted molar refractivity (Wildman–Crippen MR) is 110 cm³/mol. The van der Waals surface area contributed by atoms with Crippen LogP contribution in [0.25, 0.3) is 10.9 Å². The molecule has 10 heteroatoms. The van der Waals surface area contributed by atoms with Crippen molar-refractivity contribution in [3.63, 3.8) is 0 Å². The van der Waals surface area contributed by atoms with E-state index >= 15 is 0 Å². The molecule has 0 bridgehead atoms. The fourth-order valence-corrected chi connectivity index (χ4v) is 4.99. The van der Waals surface area contributed by atoms with Gasteiger partial charge in [-0.3, -0.25) is 0 Å². The lowest BCUT2D eigenvalue weighted by Gasteiger charge is -2.46. The number of hydrogen-bond acceptors (Lipinski definition) is 5. The summed E-state index contributed by atoms with van der Waals surface area (Å²) in [5.41, 5.74) is -3.65. The number of phenols is 1. The van der Waals surface area contributed by atoms with Crippen LogP contribution in [0.15, 0.2) is 30.5 Å². The minimum atomic E-state index is -4.98. The fourth-order valence-electron chi connectivity index (χ4n) is 4.84. The van der Waals surface area contributed by atoms with E-state index < -0.39 is 35.5 Å². The molecule has 0 radical (unpaired) electrons. The van der Waals surface area contributed by atoms with Crippen molar-refractivity contribution in [1.29, 1.82) is 0 Å². The monoisotopic (exact) mass is 467 g/mol. The first kappa shape index (κ1) is 21.2. The van der Waals surface area contributed by atoms with Crippen molar-refractivity contribution >= 4 is 28.2 Å². The summed E-state index contributed by atoms with van der Waals surface area (Å²) in [5.74, 6) is -0.619. The molecule has 1 heterocycles. The van der Waals surface area contributed by atoms with Crippen LogP contribution in [0.4, 0.5) is 23.2 Å². The average Bonchev–Trinajstić information content (AvgIpc) is 3.47. The molecule has 2 aliphatic rings. The van der Waals surface area contributed by atoms with Gasteiger partial charge in [0.1, 0.15) is 22.9 Å². The molecule has 1 aromatic heterocycles. The normalized spacial score (nSPS) is 23.9. The summed E-state index contributed by atoms with van der Waals surface area (Å²) in [6.07, 6.45) is -3.49. The molecule has 2 unspecified atom stereocenters. The van der Waals surface area contributed by atoms with Gasteiger partial charge in [-0.05, 0) is 49.9 Å². The van der Waals surface area contributed by atoms with Gasteiger partial charge in [0.05, 0.1) is 11.1 Å². The largest absolute Gasteiger partial charge is 0.506 e. The molecular weight excluding hydrogens is 450 g/mol. The molecule has 2 aromatic carbocycles. The lowest BCUT2D eigenvalue weighted by atomic mass is 9.68. The van der Waals surface area contributed by atoms with Gasteiger partial charge >= 0.3 is 6.18 Å². The topological polar surface area (TPSA) is 78.3 Å². The maximum Gasteiger partial charge on any atom is 0.419 e. The van der Waals surface area contributed by atoms with Crippen molar-refractivity contribution in [2.45, 2.75) is 49.4 Å². The molecule has 2 aliphatic carbocycles. The van der Waals surface area contributed by atoms with E-state index in [9.17, 15) is 27.8 Å². The lowest BCUT2D eigenvalue weighted by molar-refractivity contribution is -0.274. The van der Waals surface area contributed by atoms with E-state index in [0.717, 1.165) is 6.07 Å². The van der Waals surface area contributed by atoms with Gasteiger partial charge in [0.25, 0.3) is 0 Å². The van der Waals surface area contributed by atoms with Gasteiger partial charge in [0, 0.05) is 28.2 Å². The number of anilines is 1. The number of hydrogen-bond donors (Lipinski definition) is 3. The summed E-state index contributed by atoms with van der Waals surface area (Å²) in [4.78, 5) is 8.08. The summed E-state index contributed by atoms with van der Waals surface area (Å²) in [6.45, 7) is 1.57. The first-order chi connectivity index (χ1) is 15.0. The Morgan fingerprint density at radius 1 is 1.19 bits per heavy atom. The Kier molecular flexibility index (Phi) is 4.43. The third-order valence-electron chi connectivity index (χ3n) is 6.55. The van der Waals surface area contributed by atoms with Gasteiger partial charge in [-0.2, -0.15) is 13.2 Å². The number of benzene rings is 2. The summed E-state index contributed by atoms with van der Waals surface area (Å²) in [7, 11) is 0. The molecule has 5 rings (SSSR count). The van der Waals surface area contributed by atoms with Crippen molar-refractivity contribution in [3.8, 4) is 5.75 Å². The molecule has 0 saturated heterocycles. The number of aromatic hydroxyl groups is 1. The molecule has 168 valence electrons. The number of nitrogens with one attached hydrogen (secondary N) is 1. The van der Waals surface area contributed by atoms with Crippen LogP contribution in [-0.4, -0.2) is 32.0 Å². The molecule has 1 fully saturated rings. The van der Waals surface area contributed by atoms with Crippen LogP contribution in [0.5, 0.6) is 5.75 Å². The van der Waals surface area contributed by atoms with Crippen LogP contribution >= 0.6 is 11.6 Å². The van der Waals surface area contributed by atoms with E-state index in [1.165, 1.54) is 24.4 Å². The smallest absolute Gasteiger partial charge is 0.419 e. The zero-order chi connectivity index (χ0) is 23.1. The number of aliphatic hydroxyl groups is 1. The number of nitrogens with zero attached hydrogens (tertiary/aromatic N) is 2. The van der Waals surface area contributed by atoms with E-state index in [1.807, 2.05) is 0 Å². The highest BCUT2D eigenvalue weighted by atomic mass is 35.5. The Labute approximate surface area is 185 Å². The first-order valence-corrected chi connectivity index (χ1v) is 10.3. The Bertz CT molecular complexity index is 1260. The zero-order valence-electron chi connectivity index (χ0n) is 16.8. The van der Waals surface area contributed by atoms with Gasteiger partial charge in [0.2, 0.25) is 0 Å². The molecule has 0 aliphatic heterocycles. The second-order valence-electron chi connectivity index (χ2n) is 8.59. The van der Waals surface area contributed by atoms with Crippen LogP contribution in [0.2, 0.25) is 5.02 Å². The Morgan fingerprint density at radius 2 is 1.91 bits per heavy atom. The van der Waals surface area contributed by atoms with Gasteiger partial charge in [-0.15, -0.1) is 0 Å². The van der Waals surface area contributed by atoms with Gasteiger partial charge in [0.15, 0.2) is 5.60 Å². The number of halogens is 5. The van der Waals surface area contributed by atoms with Crippen molar-refractivity contribution in [3.05, 3.63) is 58.3 Å². The fraction of sp³-hybridized carbons (Fsp3) is 0.364. The van der Waals surface area contributed by atoms with E-state index in [1.54, 1.807) is 6.92 Å². The van der Waals surface area contributed by atoms with Crippen LogP contribution in [-0.2, 0) is 5.41 Å². The molecule has 0 amide bonds. The number of alkyl halides is 3. The van der Waals surface area contributed by atoms with E-state index in [4.69, 9.17) is 11.6 Å². The molecular formula is C22H18ClF4N3O2.